The van der Waals surface area contributed by atoms with E-state index in [0.717, 1.165) is 41.3 Å². The molecule has 3 heterocycles. The first-order chi connectivity index (χ1) is 12.6. The van der Waals surface area contributed by atoms with Gasteiger partial charge in [0.25, 0.3) is 0 Å². The topological polar surface area (TPSA) is 65.5 Å². The van der Waals surface area contributed by atoms with Gasteiger partial charge >= 0.3 is 0 Å². The van der Waals surface area contributed by atoms with Crippen LogP contribution in [-0.4, -0.2) is 54.4 Å². The standard InChI is InChI=1S/C18H21FN4O2S/c19-13-4-5-14-15(9-13)26-18(21-14)23-10-12(11-23)17(25)20-6-2-8-22-7-1-3-16(22)24/h4-5,9,12H,1-3,6-8,10-11H2,(H,20,25). The Bertz CT molecular complexity index is 834. The lowest BCUT2D eigenvalue weighted by atomic mass is 10.00. The summed E-state index contributed by atoms with van der Waals surface area (Å²) in [5.41, 5.74) is 0.788. The molecule has 0 atom stereocenters. The maximum Gasteiger partial charge on any atom is 0.226 e. The number of hydrogen-bond donors (Lipinski definition) is 1. The molecule has 2 amide bonds. The lowest BCUT2D eigenvalue weighted by Gasteiger charge is -2.38. The van der Waals surface area contributed by atoms with E-state index in [1.165, 1.54) is 23.5 Å². The van der Waals surface area contributed by atoms with Gasteiger partial charge in [-0.2, -0.15) is 0 Å². The van der Waals surface area contributed by atoms with Crippen LogP contribution in [-0.2, 0) is 9.59 Å². The van der Waals surface area contributed by atoms with Crippen LogP contribution in [0.25, 0.3) is 10.2 Å². The number of anilines is 1. The number of nitrogens with one attached hydrogen (secondary N) is 1. The molecule has 6 nitrogen and oxygen atoms in total. The number of likely N-dealkylation sites (tertiary alicyclic amines) is 1. The minimum absolute atomic E-state index is 0.0350. The van der Waals surface area contributed by atoms with Gasteiger partial charge in [0.15, 0.2) is 5.13 Å². The van der Waals surface area contributed by atoms with Gasteiger partial charge in [-0.05, 0) is 31.0 Å². The molecule has 0 saturated carbocycles. The number of benzene rings is 1. The lowest BCUT2D eigenvalue weighted by Crippen LogP contribution is -2.54. The molecule has 4 rings (SSSR count). The second kappa shape index (κ2) is 7.19. The van der Waals surface area contributed by atoms with Gasteiger partial charge in [0.05, 0.1) is 16.1 Å². The molecule has 0 radical (unpaired) electrons. The Morgan fingerprint density at radius 3 is 3.00 bits per heavy atom. The van der Waals surface area contributed by atoms with E-state index in [9.17, 15) is 14.0 Å². The van der Waals surface area contributed by atoms with Gasteiger partial charge in [0, 0.05) is 39.1 Å². The summed E-state index contributed by atoms with van der Waals surface area (Å²) in [5.74, 6) is -0.0146. The fraction of sp³-hybridized carbons (Fsp3) is 0.500. The molecule has 0 unspecified atom stereocenters. The summed E-state index contributed by atoms with van der Waals surface area (Å²) in [5, 5.41) is 3.79. The van der Waals surface area contributed by atoms with E-state index in [0.29, 0.717) is 26.1 Å². The number of carbonyl (C=O) groups is 2. The summed E-state index contributed by atoms with van der Waals surface area (Å²) in [4.78, 5) is 32.1. The Balaban J connectivity index is 1.21. The van der Waals surface area contributed by atoms with E-state index in [-0.39, 0.29) is 23.5 Å². The predicted octanol–water partition coefficient (Wildman–Crippen LogP) is 2.00. The summed E-state index contributed by atoms with van der Waals surface area (Å²) < 4.78 is 14.1. The maximum atomic E-state index is 13.3. The van der Waals surface area contributed by atoms with Gasteiger partial charge in [0.1, 0.15) is 5.82 Å². The Labute approximate surface area is 155 Å². The smallest absolute Gasteiger partial charge is 0.226 e. The molecule has 8 heteroatoms. The SMILES string of the molecule is O=C(NCCCN1CCCC1=O)C1CN(c2nc3ccc(F)cc3s2)C1. The first-order valence-corrected chi connectivity index (χ1v) is 9.78. The van der Waals surface area contributed by atoms with Gasteiger partial charge in [-0.1, -0.05) is 11.3 Å². The Hall–Kier alpha value is -2.22. The summed E-state index contributed by atoms with van der Waals surface area (Å²) in [6, 6.07) is 4.58. The fourth-order valence-corrected chi connectivity index (χ4v) is 4.40. The molecular weight excluding hydrogens is 355 g/mol. The predicted molar refractivity (Wildman–Crippen MR) is 98.7 cm³/mol. The van der Waals surface area contributed by atoms with Crippen LogP contribution in [0.5, 0.6) is 0 Å². The number of rotatable bonds is 6. The van der Waals surface area contributed by atoms with Crippen LogP contribution in [0.4, 0.5) is 9.52 Å². The molecule has 2 fully saturated rings. The average Bonchev–Trinajstić information content (AvgIpc) is 3.16. The van der Waals surface area contributed by atoms with Crippen molar-refractivity contribution in [3.8, 4) is 0 Å². The average molecular weight is 376 g/mol. The number of hydrogen-bond acceptors (Lipinski definition) is 5. The number of aromatic nitrogens is 1. The Kier molecular flexibility index (Phi) is 4.76. The van der Waals surface area contributed by atoms with E-state index < -0.39 is 0 Å². The molecule has 0 aliphatic carbocycles. The molecule has 1 aromatic heterocycles. The van der Waals surface area contributed by atoms with Crippen molar-refractivity contribution in [2.24, 2.45) is 5.92 Å². The first-order valence-electron chi connectivity index (χ1n) is 8.97. The van der Waals surface area contributed by atoms with Gasteiger partial charge in [-0.3, -0.25) is 9.59 Å². The number of nitrogens with zero attached hydrogens (tertiary/aromatic N) is 3. The van der Waals surface area contributed by atoms with Gasteiger partial charge in [-0.15, -0.1) is 0 Å². The highest BCUT2D eigenvalue weighted by atomic mass is 32.1. The Morgan fingerprint density at radius 1 is 1.38 bits per heavy atom. The third-order valence-corrected chi connectivity index (χ3v) is 6.02. The van der Waals surface area contributed by atoms with Crippen molar-refractivity contribution in [1.82, 2.24) is 15.2 Å². The van der Waals surface area contributed by atoms with Crippen LogP contribution < -0.4 is 10.2 Å². The van der Waals surface area contributed by atoms with Crippen molar-refractivity contribution < 1.29 is 14.0 Å². The highest BCUT2D eigenvalue weighted by molar-refractivity contribution is 7.22. The largest absolute Gasteiger partial charge is 0.356 e. The molecule has 0 bridgehead atoms. The monoisotopic (exact) mass is 376 g/mol. The van der Waals surface area contributed by atoms with Crippen molar-refractivity contribution >= 4 is 38.5 Å². The van der Waals surface area contributed by atoms with Crippen LogP contribution in [0.2, 0.25) is 0 Å². The number of halogens is 1. The molecule has 2 aliphatic rings. The van der Waals surface area contributed by atoms with E-state index in [1.807, 2.05) is 4.90 Å². The number of thiazole rings is 1. The van der Waals surface area contributed by atoms with Crippen molar-refractivity contribution in [2.75, 3.05) is 37.6 Å². The molecule has 138 valence electrons. The summed E-state index contributed by atoms with van der Waals surface area (Å²) in [6.45, 7) is 3.44. The highest BCUT2D eigenvalue weighted by Gasteiger charge is 2.34. The summed E-state index contributed by atoms with van der Waals surface area (Å²) in [7, 11) is 0. The zero-order valence-corrected chi connectivity index (χ0v) is 15.2. The van der Waals surface area contributed by atoms with Crippen LogP contribution in [0.15, 0.2) is 18.2 Å². The molecule has 1 aromatic carbocycles. The molecule has 2 aliphatic heterocycles. The minimum Gasteiger partial charge on any atom is -0.356 e. The zero-order chi connectivity index (χ0) is 18.1. The third kappa shape index (κ3) is 3.51. The van der Waals surface area contributed by atoms with E-state index in [1.54, 1.807) is 6.07 Å². The van der Waals surface area contributed by atoms with Crippen molar-refractivity contribution in [3.05, 3.63) is 24.0 Å². The van der Waals surface area contributed by atoms with Gasteiger partial charge < -0.3 is 15.1 Å². The first kappa shape index (κ1) is 17.2. The van der Waals surface area contributed by atoms with Crippen molar-refractivity contribution in [2.45, 2.75) is 19.3 Å². The molecule has 26 heavy (non-hydrogen) atoms. The molecule has 2 saturated heterocycles. The Morgan fingerprint density at radius 2 is 2.23 bits per heavy atom. The molecular formula is C18H21FN4O2S. The van der Waals surface area contributed by atoms with E-state index in [2.05, 4.69) is 15.2 Å². The fourth-order valence-electron chi connectivity index (χ4n) is 3.39. The minimum atomic E-state index is -0.260. The van der Waals surface area contributed by atoms with E-state index in [4.69, 9.17) is 0 Å². The van der Waals surface area contributed by atoms with Crippen LogP contribution in [0.3, 0.4) is 0 Å². The molecule has 1 N–H and O–H groups in total. The lowest BCUT2D eigenvalue weighted by molar-refractivity contribution is -0.127. The van der Waals surface area contributed by atoms with Gasteiger partial charge in [-0.25, -0.2) is 9.37 Å². The molecule has 2 aromatic rings. The van der Waals surface area contributed by atoms with E-state index >= 15 is 0 Å². The van der Waals surface area contributed by atoms with Crippen LogP contribution >= 0.6 is 11.3 Å². The number of carbonyl (C=O) groups excluding carboxylic acids is 2. The van der Waals surface area contributed by atoms with Crippen molar-refractivity contribution in [3.63, 3.8) is 0 Å². The summed E-state index contributed by atoms with van der Waals surface area (Å²) in [6.07, 6.45) is 2.39. The number of amides is 2. The second-order valence-corrected chi connectivity index (χ2v) is 7.85. The number of fused-ring (bicyclic) bond motifs is 1. The second-order valence-electron chi connectivity index (χ2n) is 6.84. The normalized spacial score (nSPS) is 17.8. The van der Waals surface area contributed by atoms with Crippen LogP contribution in [0, 0.1) is 11.7 Å². The van der Waals surface area contributed by atoms with Gasteiger partial charge in [0.2, 0.25) is 11.8 Å². The third-order valence-electron chi connectivity index (χ3n) is 4.94. The van der Waals surface area contributed by atoms with Crippen LogP contribution in [0.1, 0.15) is 19.3 Å². The molecule has 0 spiro atoms. The summed E-state index contributed by atoms with van der Waals surface area (Å²) >= 11 is 1.45. The highest BCUT2D eigenvalue weighted by Crippen LogP contribution is 2.33. The zero-order valence-electron chi connectivity index (χ0n) is 14.4. The quantitative estimate of drug-likeness (QED) is 0.783. The maximum absolute atomic E-state index is 13.3. The van der Waals surface area contributed by atoms with Crippen molar-refractivity contribution in [1.29, 1.82) is 0 Å².